The fourth-order valence-electron chi connectivity index (χ4n) is 5.76. The third-order valence-electron chi connectivity index (χ3n) is 7.74. The van der Waals surface area contributed by atoms with E-state index in [0.29, 0.717) is 18.8 Å². The van der Waals surface area contributed by atoms with Gasteiger partial charge in [0.2, 0.25) is 0 Å². The summed E-state index contributed by atoms with van der Waals surface area (Å²) in [5.41, 5.74) is 5.69. The second-order valence-corrected chi connectivity index (χ2v) is 10.9. The Morgan fingerprint density at radius 1 is 0.775 bits per heavy atom. The van der Waals surface area contributed by atoms with Gasteiger partial charge in [-0.15, -0.1) is 0 Å². The Morgan fingerprint density at radius 2 is 1.30 bits per heavy atom. The van der Waals surface area contributed by atoms with Gasteiger partial charge in [0.15, 0.2) is 5.78 Å². The zero-order chi connectivity index (χ0) is 27.6. The molecule has 1 aliphatic rings. The van der Waals surface area contributed by atoms with Gasteiger partial charge in [-0.2, -0.15) is 0 Å². The second kappa shape index (κ2) is 10.6. The molecule has 1 aliphatic heterocycles. The highest BCUT2D eigenvalue weighted by Gasteiger charge is 2.38. The van der Waals surface area contributed by atoms with Gasteiger partial charge < -0.3 is 9.30 Å². The van der Waals surface area contributed by atoms with Gasteiger partial charge in [0.25, 0.3) is 0 Å². The first-order valence-corrected chi connectivity index (χ1v) is 13.6. The molecular weight excluding hydrogens is 492 g/mol. The number of rotatable bonds is 6. The molecule has 4 heteroatoms. The standard InChI is InChI=1S/C36H32N2O2/c1-35(2)25-40-24-28(34(35)39)22-27-14-12-13-21-32(27)33-23-38(26-37-33)36(29-15-6-3-7-16-29,30-17-8-4-9-18-30)31-19-10-5-11-20-31/h3-23,26H,24-25H2,1-2H3/b28-22+. The van der Waals surface area contributed by atoms with Crippen LogP contribution in [0.15, 0.2) is 133 Å². The average molecular weight is 525 g/mol. The van der Waals surface area contributed by atoms with Gasteiger partial charge in [-0.25, -0.2) is 4.98 Å². The van der Waals surface area contributed by atoms with Crippen molar-refractivity contribution in [1.29, 1.82) is 0 Å². The maximum atomic E-state index is 13.1. The minimum Gasteiger partial charge on any atom is -0.376 e. The molecule has 0 bridgehead atoms. The number of carbonyl (C=O) groups excluding carboxylic acids is 1. The fraction of sp³-hybridized carbons (Fsp3) is 0.167. The van der Waals surface area contributed by atoms with E-state index in [0.717, 1.165) is 33.5 Å². The van der Waals surface area contributed by atoms with Crippen molar-refractivity contribution in [2.24, 2.45) is 5.41 Å². The van der Waals surface area contributed by atoms with Crippen molar-refractivity contribution in [3.63, 3.8) is 0 Å². The minimum atomic E-state index is -0.639. The number of aromatic nitrogens is 2. The quantitative estimate of drug-likeness (QED) is 0.172. The Hall–Kier alpha value is -4.54. The van der Waals surface area contributed by atoms with Crippen LogP contribution in [0.1, 0.15) is 36.1 Å². The van der Waals surface area contributed by atoms with Crippen molar-refractivity contribution in [1.82, 2.24) is 9.55 Å². The average Bonchev–Trinajstić information content (AvgIpc) is 3.48. The number of imidazole rings is 1. The molecule has 5 aromatic rings. The number of hydrogen-bond donors (Lipinski definition) is 0. The molecule has 0 N–H and O–H groups in total. The first kappa shape index (κ1) is 25.7. The minimum absolute atomic E-state index is 0.135. The van der Waals surface area contributed by atoms with Gasteiger partial charge in [-0.1, -0.05) is 129 Å². The van der Waals surface area contributed by atoms with Crippen LogP contribution in [0.3, 0.4) is 0 Å². The van der Waals surface area contributed by atoms with Gasteiger partial charge >= 0.3 is 0 Å². The molecule has 0 radical (unpaired) electrons. The van der Waals surface area contributed by atoms with Crippen molar-refractivity contribution in [3.05, 3.63) is 156 Å². The molecule has 0 saturated carbocycles. The molecule has 6 rings (SSSR count). The van der Waals surface area contributed by atoms with E-state index >= 15 is 0 Å². The van der Waals surface area contributed by atoms with E-state index in [2.05, 4.69) is 89.6 Å². The predicted molar refractivity (Wildman–Crippen MR) is 160 cm³/mol. The van der Waals surface area contributed by atoms with Crippen molar-refractivity contribution in [2.45, 2.75) is 19.4 Å². The van der Waals surface area contributed by atoms with Gasteiger partial charge in [0.1, 0.15) is 5.54 Å². The van der Waals surface area contributed by atoms with E-state index in [-0.39, 0.29) is 5.78 Å². The SMILES string of the molecule is CC1(C)COC/C(=C\c2ccccc2-c2cn(C(c3ccccc3)(c3ccccc3)c3ccccc3)cn2)C1=O. The molecule has 198 valence electrons. The molecule has 1 fully saturated rings. The smallest absolute Gasteiger partial charge is 0.169 e. The topological polar surface area (TPSA) is 44.1 Å². The lowest BCUT2D eigenvalue weighted by atomic mass is 9.77. The maximum Gasteiger partial charge on any atom is 0.169 e. The molecule has 2 heterocycles. The number of Topliss-reactive ketones (excluding diaryl/α,β-unsaturated/α-hetero) is 1. The van der Waals surface area contributed by atoms with Gasteiger partial charge in [-0.3, -0.25) is 4.79 Å². The molecular formula is C36H32N2O2. The summed E-state index contributed by atoms with van der Waals surface area (Å²) in [6.45, 7) is 4.64. The van der Waals surface area contributed by atoms with Crippen LogP contribution in [-0.4, -0.2) is 28.5 Å². The normalized spacial score (nSPS) is 16.2. The highest BCUT2D eigenvalue weighted by atomic mass is 16.5. The Kier molecular flexibility index (Phi) is 6.79. The number of ketones is 1. The van der Waals surface area contributed by atoms with Crippen LogP contribution in [0.4, 0.5) is 0 Å². The summed E-state index contributed by atoms with van der Waals surface area (Å²) in [6, 6.07) is 39.8. The Labute approximate surface area is 235 Å². The summed E-state index contributed by atoms with van der Waals surface area (Å²) in [5.74, 6) is 0.135. The largest absolute Gasteiger partial charge is 0.376 e. The number of hydrogen-bond acceptors (Lipinski definition) is 3. The summed E-state index contributed by atoms with van der Waals surface area (Å²) < 4.78 is 7.99. The van der Waals surface area contributed by atoms with E-state index < -0.39 is 11.0 Å². The predicted octanol–water partition coefficient (Wildman–Crippen LogP) is 7.40. The van der Waals surface area contributed by atoms with E-state index in [1.54, 1.807) is 0 Å². The van der Waals surface area contributed by atoms with E-state index in [9.17, 15) is 4.79 Å². The highest BCUT2D eigenvalue weighted by molar-refractivity contribution is 6.04. The van der Waals surface area contributed by atoms with Crippen LogP contribution in [0.2, 0.25) is 0 Å². The Morgan fingerprint density at radius 3 is 1.88 bits per heavy atom. The van der Waals surface area contributed by atoms with Crippen molar-refractivity contribution >= 4 is 11.9 Å². The van der Waals surface area contributed by atoms with E-state index in [1.165, 1.54) is 0 Å². The van der Waals surface area contributed by atoms with Crippen LogP contribution < -0.4 is 0 Å². The lowest BCUT2D eigenvalue weighted by Gasteiger charge is -2.37. The van der Waals surface area contributed by atoms with Crippen LogP contribution in [0.25, 0.3) is 17.3 Å². The monoisotopic (exact) mass is 524 g/mol. The van der Waals surface area contributed by atoms with Crippen molar-refractivity contribution < 1.29 is 9.53 Å². The first-order valence-electron chi connectivity index (χ1n) is 13.6. The van der Waals surface area contributed by atoms with Crippen LogP contribution in [0, 0.1) is 5.41 Å². The molecule has 1 aromatic heterocycles. The lowest BCUT2D eigenvalue weighted by molar-refractivity contribution is -0.130. The Bertz CT molecular complexity index is 1550. The maximum absolute atomic E-state index is 13.1. The summed E-state index contributed by atoms with van der Waals surface area (Å²) >= 11 is 0. The zero-order valence-corrected chi connectivity index (χ0v) is 22.8. The number of nitrogens with zero attached hydrogens (tertiary/aromatic N) is 2. The van der Waals surface area contributed by atoms with E-state index in [4.69, 9.17) is 9.72 Å². The molecule has 0 aliphatic carbocycles. The number of benzene rings is 4. The van der Waals surface area contributed by atoms with Gasteiger partial charge in [0, 0.05) is 17.3 Å². The van der Waals surface area contributed by atoms with Gasteiger partial charge in [0.05, 0.1) is 30.7 Å². The number of carbonyl (C=O) groups is 1. The summed E-state index contributed by atoms with van der Waals surface area (Å²) in [6.07, 6.45) is 6.01. The lowest BCUT2D eigenvalue weighted by Crippen LogP contribution is -2.37. The highest BCUT2D eigenvalue weighted by Crippen LogP contribution is 2.41. The van der Waals surface area contributed by atoms with Crippen LogP contribution in [0.5, 0.6) is 0 Å². The van der Waals surface area contributed by atoms with Crippen molar-refractivity contribution in [2.75, 3.05) is 13.2 Å². The molecule has 0 unspecified atom stereocenters. The van der Waals surface area contributed by atoms with Crippen molar-refractivity contribution in [3.8, 4) is 11.3 Å². The fourth-order valence-corrected chi connectivity index (χ4v) is 5.76. The second-order valence-electron chi connectivity index (χ2n) is 10.9. The molecule has 4 aromatic carbocycles. The molecule has 1 saturated heterocycles. The summed E-state index contributed by atoms with van der Waals surface area (Å²) in [4.78, 5) is 18.1. The molecule has 0 spiro atoms. The molecule has 40 heavy (non-hydrogen) atoms. The molecule has 0 atom stereocenters. The third kappa shape index (κ3) is 4.51. The first-order chi connectivity index (χ1) is 19.5. The number of ether oxygens (including phenoxy) is 1. The van der Waals surface area contributed by atoms with Crippen LogP contribution in [-0.2, 0) is 15.1 Å². The zero-order valence-electron chi connectivity index (χ0n) is 22.8. The third-order valence-corrected chi connectivity index (χ3v) is 7.74. The molecule has 0 amide bonds. The van der Waals surface area contributed by atoms with Crippen LogP contribution >= 0.6 is 0 Å². The van der Waals surface area contributed by atoms with Gasteiger partial charge in [-0.05, 0) is 28.3 Å². The summed E-state index contributed by atoms with van der Waals surface area (Å²) in [7, 11) is 0. The Balaban J connectivity index is 1.53. The molecule has 4 nitrogen and oxygen atoms in total. The van der Waals surface area contributed by atoms with E-state index in [1.807, 2.05) is 62.6 Å². The summed E-state index contributed by atoms with van der Waals surface area (Å²) in [5, 5.41) is 0.